The normalized spacial score (nSPS) is 14.0. The number of hydrogen-bond donors (Lipinski definition) is 2. The fraction of sp³-hybridized carbons (Fsp3) is 0.316. The van der Waals surface area contributed by atoms with Gasteiger partial charge in [-0.1, -0.05) is 24.3 Å². The van der Waals surface area contributed by atoms with Crippen molar-refractivity contribution < 1.29 is 32.2 Å². The number of amides is 1. The smallest absolute Gasteiger partial charge is 0.416 e. The minimum atomic E-state index is -4.46. The van der Waals surface area contributed by atoms with Gasteiger partial charge in [0, 0.05) is 17.7 Å². The highest BCUT2D eigenvalue weighted by molar-refractivity contribution is 5.79. The van der Waals surface area contributed by atoms with Gasteiger partial charge in [0.05, 0.1) is 11.6 Å². The van der Waals surface area contributed by atoms with Crippen LogP contribution in [0.3, 0.4) is 0 Å². The first-order chi connectivity index (χ1) is 13.3. The Morgan fingerprint density at radius 1 is 1.18 bits per heavy atom. The van der Waals surface area contributed by atoms with Gasteiger partial charge in [-0.3, -0.25) is 4.79 Å². The summed E-state index contributed by atoms with van der Waals surface area (Å²) >= 11 is 0. The molecule has 0 fully saturated rings. The predicted molar refractivity (Wildman–Crippen MR) is 93.8 cm³/mol. The number of halogens is 3. The summed E-state index contributed by atoms with van der Waals surface area (Å²) in [4.78, 5) is 11.1. The third-order valence-electron chi connectivity index (χ3n) is 4.30. The van der Waals surface area contributed by atoms with E-state index in [2.05, 4.69) is 5.32 Å². The minimum Gasteiger partial charge on any atom is -0.485 e. The van der Waals surface area contributed by atoms with Crippen molar-refractivity contribution in [2.24, 2.45) is 5.73 Å². The molecule has 0 unspecified atom stereocenters. The Morgan fingerprint density at radius 2 is 1.89 bits per heavy atom. The number of hydrogen-bond acceptors (Lipinski definition) is 5. The van der Waals surface area contributed by atoms with Gasteiger partial charge in [0.15, 0.2) is 11.5 Å². The molecule has 0 bridgehead atoms. The average Bonchev–Trinajstić information content (AvgIpc) is 3.14. The van der Waals surface area contributed by atoms with Gasteiger partial charge in [-0.2, -0.15) is 13.2 Å². The maximum absolute atomic E-state index is 13.1. The zero-order valence-electron chi connectivity index (χ0n) is 15.0. The molecule has 9 heteroatoms. The van der Waals surface area contributed by atoms with E-state index in [0.717, 1.165) is 6.07 Å². The Bertz CT molecular complexity index is 871. The van der Waals surface area contributed by atoms with Gasteiger partial charge in [0.2, 0.25) is 18.4 Å². The monoisotopic (exact) mass is 396 g/mol. The van der Waals surface area contributed by atoms with Crippen LogP contribution in [0.5, 0.6) is 17.2 Å². The predicted octanol–water partition coefficient (Wildman–Crippen LogP) is 2.98. The number of ether oxygens (including phenoxy) is 3. The molecule has 2 aromatic carbocycles. The van der Waals surface area contributed by atoms with Crippen molar-refractivity contribution in [3.05, 3.63) is 53.1 Å². The molecule has 6 nitrogen and oxygen atoms in total. The fourth-order valence-electron chi connectivity index (χ4n) is 2.72. The van der Waals surface area contributed by atoms with Crippen LogP contribution in [-0.4, -0.2) is 18.7 Å². The second kappa shape index (κ2) is 7.97. The summed E-state index contributed by atoms with van der Waals surface area (Å²) in [5.41, 5.74) is 5.20. The first kappa shape index (κ1) is 19.8. The van der Waals surface area contributed by atoms with E-state index < -0.39 is 23.7 Å². The molecule has 3 rings (SSSR count). The molecule has 0 aliphatic carbocycles. The maximum Gasteiger partial charge on any atom is 0.416 e. The van der Waals surface area contributed by atoms with Crippen LogP contribution in [0.4, 0.5) is 13.2 Å². The lowest BCUT2D eigenvalue weighted by molar-refractivity contribution is -0.138. The molecule has 1 amide bonds. The van der Waals surface area contributed by atoms with Gasteiger partial charge in [0.25, 0.3) is 0 Å². The Hall–Kier alpha value is -2.94. The fourth-order valence-corrected chi connectivity index (χ4v) is 2.72. The van der Waals surface area contributed by atoms with Crippen molar-refractivity contribution in [2.45, 2.75) is 32.3 Å². The highest BCUT2D eigenvalue weighted by Gasteiger charge is 2.33. The van der Waals surface area contributed by atoms with E-state index >= 15 is 0 Å². The van der Waals surface area contributed by atoms with E-state index in [9.17, 15) is 18.0 Å². The van der Waals surface area contributed by atoms with Gasteiger partial charge >= 0.3 is 6.18 Å². The summed E-state index contributed by atoms with van der Waals surface area (Å²) in [6.07, 6.45) is -4.46. The minimum absolute atomic E-state index is 0.0173. The zero-order valence-corrected chi connectivity index (χ0v) is 15.0. The Kier molecular flexibility index (Phi) is 5.64. The molecule has 1 heterocycles. The number of rotatable bonds is 7. The SMILES string of the molecule is C[C@H](NCc1ccc(OCc2ccccc2C(F)(F)F)c2c1OCO2)C(N)=O. The Balaban J connectivity index is 1.76. The number of fused-ring (bicyclic) bond motifs is 1. The second-order valence-corrected chi connectivity index (χ2v) is 6.24. The summed E-state index contributed by atoms with van der Waals surface area (Å²) in [5.74, 6) is 0.523. The third kappa shape index (κ3) is 4.30. The van der Waals surface area contributed by atoms with Crippen LogP contribution in [0.25, 0.3) is 0 Å². The van der Waals surface area contributed by atoms with Crippen molar-refractivity contribution in [2.75, 3.05) is 6.79 Å². The third-order valence-corrected chi connectivity index (χ3v) is 4.30. The van der Waals surface area contributed by atoms with E-state index in [0.29, 0.717) is 23.6 Å². The number of nitrogens with two attached hydrogens (primary N) is 1. The van der Waals surface area contributed by atoms with Gasteiger partial charge in [-0.15, -0.1) is 0 Å². The molecule has 0 saturated heterocycles. The topological polar surface area (TPSA) is 82.8 Å². The number of nitrogens with one attached hydrogen (secondary N) is 1. The molecule has 0 aromatic heterocycles. The molecular formula is C19H19F3N2O4. The standard InChI is InChI=1S/C19H19F3N2O4/c1-11(18(23)25)24-8-12-6-7-15(17-16(12)27-10-28-17)26-9-13-4-2-3-5-14(13)19(20,21)22/h2-7,11,24H,8-10H2,1H3,(H2,23,25)/t11-/m0/s1. The van der Waals surface area contributed by atoms with Crippen molar-refractivity contribution in [3.63, 3.8) is 0 Å². The molecule has 0 spiro atoms. The van der Waals surface area contributed by atoms with Crippen LogP contribution in [0, 0.1) is 0 Å². The highest BCUT2D eigenvalue weighted by atomic mass is 19.4. The molecule has 1 aliphatic rings. The van der Waals surface area contributed by atoms with E-state index in [4.69, 9.17) is 19.9 Å². The molecule has 1 atom stereocenters. The number of alkyl halides is 3. The van der Waals surface area contributed by atoms with Crippen LogP contribution in [0.2, 0.25) is 0 Å². The summed E-state index contributed by atoms with van der Waals surface area (Å²) in [6, 6.07) is 7.98. The average molecular weight is 396 g/mol. The molecular weight excluding hydrogens is 377 g/mol. The number of benzene rings is 2. The zero-order chi connectivity index (χ0) is 20.3. The lowest BCUT2D eigenvalue weighted by Crippen LogP contribution is -2.38. The Labute approximate surface area is 159 Å². The highest BCUT2D eigenvalue weighted by Crippen LogP contribution is 2.44. The van der Waals surface area contributed by atoms with E-state index in [-0.39, 0.29) is 24.7 Å². The van der Waals surface area contributed by atoms with Crippen molar-refractivity contribution >= 4 is 5.91 Å². The number of primary amides is 1. The van der Waals surface area contributed by atoms with Gasteiger partial charge in [-0.25, -0.2) is 0 Å². The molecule has 150 valence electrons. The van der Waals surface area contributed by atoms with Crippen molar-refractivity contribution in [1.29, 1.82) is 0 Å². The lowest BCUT2D eigenvalue weighted by atomic mass is 10.1. The Morgan fingerprint density at radius 3 is 2.61 bits per heavy atom. The van der Waals surface area contributed by atoms with Crippen LogP contribution in [-0.2, 0) is 24.1 Å². The molecule has 1 aliphatic heterocycles. The van der Waals surface area contributed by atoms with Gasteiger partial charge < -0.3 is 25.3 Å². The summed E-state index contributed by atoms with van der Waals surface area (Å²) in [7, 11) is 0. The van der Waals surface area contributed by atoms with Gasteiger partial charge in [0.1, 0.15) is 6.61 Å². The quantitative estimate of drug-likeness (QED) is 0.752. The van der Waals surface area contributed by atoms with Gasteiger partial charge in [-0.05, 0) is 19.1 Å². The maximum atomic E-state index is 13.1. The first-order valence-corrected chi connectivity index (χ1v) is 8.49. The van der Waals surface area contributed by atoms with Crippen molar-refractivity contribution in [3.8, 4) is 17.2 Å². The molecule has 28 heavy (non-hydrogen) atoms. The molecule has 3 N–H and O–H groups in total. The molecule has 0 radical (unpaired) electrons. The van der Waals surface area contributed by atoms with E-state index in [1.54, 1.807) is 19.1 Å². The van der Waals surface area contributed by atoms with Crippen LogP contribution >= 0.6 is 0 Å². The number of carbonyl (C=O) groups excluding carboxylic acids is 1. The van der Waals surface area contributed by atoms with E-state index in [1.807, 2.05) is 0 Å². The van der Waals surface area contributed by atoms with Crippen LogP contribution in [0.1, 0.15) is 23.6 Å². The van der Waals surface area contributed by atoms with Crippen LogP contribution < -0.4 is 25.3 Å². The summed E-state index contributed by atoms with van der Waals surface area (Å²) in [6.45, 7) is 1.62. The van der Waals surface area contributed by atoms with Crippen LogP contribution in [0.15, 0.2) is 36.4 Å². The molecule has 2 aromatic rings. The number of carbonyl (C=O) groups is 1. The summed E-state index contributed by atoms with van der Waals surface area (Å²) in [5, 5.41) is 2.95. The lowest BCUT2D eigenvalue weighted by Gasteiger charge is -2.15. The molecule has 0 saturated carbocycles. The first-order valence-electron chi connectivity index (χ1n) is 8.49. The van der Waals surface area contributed by atoms with Crippen molar-refractivity contribution in [1.82, 2.24) is 5.32 Å². The van der Waals surface area contributed by atoms with E-state index in [1.165, 1.54) is 18.2 Å². The summed E-state index contributed by atoms with van der Waals surface area (Å²) < 4.78 is 55.8. The largest absolute Gasteiger partial charge is 0.485 e. The second-order valence-electron chi connectivity index (χ2n) is 6.24.